The first-order valence-corrected chi connectivity index (χ1v) is 10.4. The highest BCUT2D eigenvalue weighted by molar-refractivity contribution is 6.05. The van der Waals surface area contributed by atoms with E-state index < -0.39 is 23.5 Å². The Morgan fingerprint density at radius 1 is 1.03 bits per heavy atom. The summed E-state index contributed by atoms with van der Waals surface area (Å²) in [6.45, 7) is 1.98. The monoisotopic (exact) mass is 412 g/mol. The van der Waals surface area contributed by atoms with Crippen LogP contribution in [0.25, 0.3) is 0 Å². The van der Waals surface area contributed by atoms with Crippen molar-refractivity contribution in [3.63, 3.8) is 0 Å². The first-order valence-electron chi connectivity index (χ1n) is 10.4. The third-order valence-corrected chi connectivity index (χ3v) is 7.04. The zero-order valence-corrected chi connectivity index (χ0v) is 16.5. The van der Waals surface area contributed by atoms with Crippen LogP contribution < -0.4 is 10.2 Å². The third kappa shape index (κ3) is 2.68. The molecule has 0 aliphatic carbocycles. The predicted molar refractivity (Wildman–Crippen MR) is 106 cm³/mol. The van der Waals surface area contributed by atoms with Gasteiger partial charge in [0, 0.05) is 44.3 Å². The van der Waals surface area contributed by atoms with E-state index in [-0.39, 0.29) is 24.3 Å². The third-order valence-electron chi connectivity index (χ3n) is 7.04. The number of amides is 4. The fourth-order valence-electron chi connectivity index (χ4n) is 5.45. The molecule has 3 saturated heterocycles. The maximum atomic E-state index is 13.4. The molecule has 3 fully saturated rings. The summed E-state index contributed by atoms with van der Waals surface area (Å²) in [5.74, 6) is -0.738. The second kappa shape index (κ2) is 6.72. The molecular formula is C21H24N4O5. The lowest BCUT2D eigenvalue weighted by molar-refractivity contribution is -0.161. The Hall–Kier alpha value is -3.10. The van der Waals surface area contributed by atoms with Crippen molar-refractivity contribution >= 4 is 29.5 Å². The lowest BCUT2D eigenvalue weighted by Gasteiger charge is -2.51. The van der Waals surface area contributed by atoms with Crippen LogP contribution in [0, 0.1) is 0 Å². The molecule has 4 aliphatic rings. The molecule has 0 radical (unpaired) electrons. The van der Waals surface area contributed by atoms with Gasteiger partial charge in [-0.25, -0.2) is 4.79 Å². The first-order chi connectivity index (χ1) is 14.4. The maximum absolute atomic E-state index is 13.4. The van der Waals surface area contributed by atoms with E-state index in [4.69, 9.17) is 0 Å². The van der Waals surface area contributed by atoms with Crippen molar-refractivity contribution in [2.24, 2.45) is 0 Å². The molecule has 5 rings (SSSR count). The van der Waals surface area contributed by atoms with Crippen LogP contribution in [0.15, 0.2) is 24.3 Å². The predicted octanol–water partition coefficient (Wildman–Crippen LogP) is 0.534. The van der Waals surface area contributed by atoms with Gasteiger partial charge in [0.15, 0.2) is 0 Å². The molecule has 4 amide bonds. The number of imide groups is 1. The van der Waals surface area contributed by atoms with Crippen LogP contribution in [0.1, 0.15) is 31.2 Å². The maximum Gasteiger partial charge on any atom is 0.407 e. The van der Waals surface area contributed by atoms with Gasteiger partial charge in [-0.05, 0) is 30.9 Å². The van der Waals surface area contributed by atoms with Gasteiger partial charge in [0.25, 0.3) is 0 Å². The van der Waals surface area contributed by atoms with E-state index >= 15 is 0 Å². The smallest absolute Gasteiger partial charge is 0.407 e. The lowest BCUT2D eigenvalue weighted by Crippen LogP contribution is -2.71. The number of likely N-dealkylation sites (tertiary alicyclic amines) is 2. The molecule has 158 valence electrons. The van der Waals surface area contributed by atoms with Crippen LogP contribution in [-0.2, 0) is 19.8 Å². The minimum absolute atomic E-state index is 0.0603. The Labute approximate surface area is 173 Å². The molecule has 1 spiro atoms. The second-order valence-electron chi connectivity index (χ2n) is 8.63. The SMILES string of the molecule is O=C1CCC(N2CC3(CN(C4CCN(C(=O)O)CC4)c4ccccc43)C2=O)C(=O)N1. The van der Waals surface area contributed by atoms with E-state index in [1.54, 1.807) is 4.90 Å². The summed E-state index contributed by atoms with van der Waals surface area (Å²) in [7, 11) is 0. The van der Waals surface area contributed by atoms with Crippen molar-refractivity contribution in [3.05, 3.63) is 29.8 Å². The second-order valence-corrected chi connectivity index (χ2v) is 8.63. The number of carbonyl (C=O) groups excluding carboxylic acids is 3. The number of fused-ring (bicyclic) bond motifs is 2. The number of carbonyl (C=O) groups is 4. The zero-order chi connectivity index (χ0) is 21.0. The molecule has 4 heterocycles. The standard InChI is InChI=1S/C21H24N4O5/c26-17-6-5-16(18(27)22-17)25-12-21(19(25)28)11-24(15-4-2-1-3-14(15)21)13-7-9-23(10-8-13)20(29)30/h1-4,13,16H,5-12H2,(H,29,30)(H,22,26,27). The number of benzene rings is 1. The van der Waals surface area contributed by atoms with Crippen molar-refractivity contribution in [1.82, 2.24) is 15.1 Å². The van der Waals surface area contributed by atoms with E-state index in [2.05, 4.69) is 10.2 Å². The fourth-order valence-corrected chi connectivity index (χ4v) is 5.45. The molecule has 9 nitrogen and oxygen atoms in total. The highest BCUT2D eigenvalue weighted by Gasteiger charge is 2.61. The van der Waals surface area contributed by atoms with E-state index in [9.17, 15) is 24.3 Å². The number of carboxylic acid groups (broad SMARTS) is 1. The topological polar surface area (TPSA) is 110 Å². The normalized spacial score (nSPS) is 29.1. The van der Waals surface area contributed by atoms with Crippen molar-refractivity contribution in [2.45, 2.75) is 43.2 Å². The molecule has 0 saturated carbocycles. The Balaban J connectivity index is 1.36. The molecule has 30 heavy (non-hydrogen) atoms. The molecule has 0 bridgehead atoms. The van der Waals surface area contributed by atoms with Crippen molar-refractivity contribution in [1.29, 1.82) is 0 Å². The summed E-state index contributed by atoms with van der Waals surface area (Å²) in [5.41, 5.74) is 1.35. The fraction of sp³-hybridized carbons (Fsp3) is 0.524. The Morgan fingerprint density at radius 2 is 1.73 bits per heavy atom. The van der Waals surface area contributed by atoms with Crippen LogP contribution in [0.2, 0.25) is 0 Å². The molecular weight excluding hydrogens is 388 g/mol. The van der Waals surface area contributed by atoms with Gasteiger partial charge in [-0.15, -0.1) is 0 Å². The first kappa shape index (κ1) is 18.9. The average Bonchev–Trinajstić information content (AvgIpc) is 3.10. The van der Waals surface area contributed by atoms with E-state index in [0.29, 0.717) is 32.6 Å². The Morgan fingerprint density at radius 3 is 2.40 bits per heavy atom. The number of nitrogens with zero attached hydrogens (tertiary/aromatic N) is 3. The Bertz CT molecular complexity index is 941. The molecule has 2 N–H and O–H groups in total. The van der Waals surface area contributed by atoms with Crippen LogP contribution >= 0.6 is 0 Å². The van der Waals surface area contributed by atoms with Gasteiger partial charge in [-0.2, -0.15) is 0 Å². The molecule has 1 aromatic rings. The molecule has 0 aromatic heterocycles. The number of rotatable bonds is 2. The van der Waals surface area contributed by atoms with Crippen molar-refractivity contribution in [2.75, 3.05) is 31.1 Å². The van der Waals surface area contributed by atoms with Gasteiger partial charge in [-0.3, -0.25) is 19.7 Å². The van der Waals surface area contributed by atoms with Gasteiger partial charge in [0.1, 0.15) is 11.5 Å². The van der Waals surface area contributed by atoms with E-state index in [0.717, 1.165) is 24.1 Å². The molecule has 9 heteroatoms. The largest absolute Gasteiger partial charge is 0.465 e. The minimum atomic E-state index is -0.888. The van der Waals surface area contributed by atoms with Crippen LogP contribution in [-0.4, -0.2) is 77.0 Å². The highest BCUT2D eigenvalue weighted by atomic mass is 16.4. The summed E-state index contributed by atoms with van der Waals surface area (Å²) in [5, 5.41) is 11.5. The van der Waals surface area contributed by atoms with Crippen molar-refractivity contribution < 1.29 is 24.3 Å². The van der Waals surface area contributed by atoms with Gasteiger partial charge in [0.2, 0.25) is 17.7 Å². The highest BCUT2D eigenvalue weighted by Crippen LogP contribution is 2.49. The molecule has 4 aliphatic heterocycles. The molecule has 1 aromatic carbocycles. The zero-order valence-electron chi connectivity index (χ0n) is 16.5. The number of anilines is 1. The average molecular weight is 412 g/mol. The van der Waals surface area contributed by atoms with Gasteiger partial charge in [0.05, 0.1) is 0 Å². The quantitative estimate of drug-likeness (QED) is 0.542. The van der Waals surface area contributed by atoms with Gasteiger partial charge >= 0.3 is 6.09 Å². The minimum Gasteiger partial charge on any atom is -0.465 e. The van der Waals surface area contributed by atoms with Gasteiger partial charge in [-0.1, -0.05) is 18.2 Å². The number of hydrogen-bond donors (Lipinski definition) is 2. The van der Waals surface area contributed by atoms with Crippen LogP contribution in [0.3, 0.4) is 0 Å². The summed E-state index contributed by atoms with van der Waals surface area (Å²) in [6.07, 6.45) is 1.17. The number of piperidine rings is 2. The molecule has 2 unspecified atom stereocenters. The van der Waals surface area contributed by atoms with Gasteiger partial charge < -0.3 is 19.8 Å². The number of hydrogen-bond acceptors (Lipinski definition) is 5. The summed E-state index contributed by atoms with van der Waals surface area (Å²) >= 11 is 0. The summed E-state index contributed by atoms with van der Waals surface area (Å²) in [6, 6.07) is 7.49. The summed E-state index contributed by atoms with van der Waals surface area (Å²) < 4.78 is 0. The number of para-hydroxylation sites is 1. The van der Waals surface area contributed by atoms with Crippen molar-refractivity contribution in [3.8, 4) is 0 Å². The number of β-lactam (4-membered cyclic amide) rings is 1. The van der Waals surface area contributed by atoms with E-state index in [1.165, 1.54) is 4.90 Å². The Kier molecular flexibility index (Phi) is 4.23. The van der Waals surface area contributed by atoms with E-state index in [1.807, 2.05) is 24.3 Å². The summed E-state index contributed by atoms with van der Waals surface area (Å²) in [4.78, 5) is 53.6. The lowest BCUT2D eigenvalue weighted by atomic mass is 9.73. The molecule has 2 atom stereocenters. The van der Waals surface area contributed by atoms with Crippen LogP contribution in [0.5, 0.6) is 0 Å². The number of nitrogens with one attached hydrogen (secondary N) is 1. The van der Waals surface area contributed by atoms with Crippen LogP contribution in [0.4, 0.5) is 10.5 Å².